The second kappa shape index (κ2) is 5.33. The summed E-state index contributed by atoms with van der Waals surface area (Å²) in [5.74, 6) is 2.76. The third kappa shape index (κ3) is 3.56. The van der Waals surface area contributed by atoms with Crippen molar-refractivity contribution >= 4 is 11.6 Å². The number of nitrogens with one attached hydrogen (secondary N) is 1. The Labute approximate surface area is 114 Å². The highest BCUT2D eigenvalue weighted by Crippen LogP contribution is 2.39. The number of aliphatic hydroxyl groups is 1. The number of hydrogen-bond acceptors (Lipinski definition) is 5. The molecule has 0 spiro atoms. The molecular formula is C14H24N4O. The van der Waals surface area contributed by atoms with E-state index in [0.29, 0.717) is 11.7 Å². The minimum absolute atomic E-state index is 0.0284. The van der Waals surface area contributed by atoms with Crippen molar-refractivity contribution in [3.63, 3.8) is 0 Å². The van der Waals surface area contributed by atoms with Crippen LogP contribution in [0, 0.1) is 12.3 Å². The predicted octanol–water partition coefficient (Wildman–Crippen LogP) is 2.07. The van der Waals surface area contributed by atoms with E-state index in [0.717, 1.165) is 43.0 Å². The number of anilines is 2. The van der Waals surface area contributed by atoms with Crippen LogP contribution < -0.4 is 11.1 Å². The molecule has 0 atom stereocenters. The van der Waals surface area contributed by atoms with Gasteiger partial charge in [0.25, 0.3) is 0 Å². The van der Waals surface area contributed by atoms with E-state index in [1.54, 1.807) is 0 Å². The number of nitrogens with two attached hydrogens (primary N) is 1. The van der Waals surface area contributed by atoms with E-state index in [-0.39, 0.29) is 12.0 Å². The highest BCUT2D eigenvalue weighted by molar-refractivity contribution is 5.55. The average Bonchev–Trinajstić information content (AvgIpc) is 3.15. The van der Waals surface area contributed by atoms with Gasteiger partial charge in [0.05, 0.1) is 0 Å². The fourth-order valence-corrected chi connectivity index (χ4v) is 1.96. The highest BCUT2D eigenvalue weighted by atomic mass is 16.3. The van der Waals surface area contributed by atoms with Crippen molar-refractivity contribution in [1.82, 2.24) is 9.97 Å². The van der Waals surface area contributed by atoms with Gasteiger partial charge in [-0.05, 0) is 31.6 Å². The molecule has 1 heterocycles. The third-order valence-corrected chi connectivity index (χ3v) is 3.67. The van der Waals surface area contributed by atoms with Crippen LogP contribution in [0.3, 0.4) is 0 Å². The lowest BCUT2D eigenvalue weighted by molar-refractivity contribution is 0.220. The summed E-state index contributed by atoms with van der Waals surface area (Å²) in [6.07, 6.45) is 3.09. The zero-order valence-electron chi connectivity index (χ0n) is 12.0. The molecule has 5 nitrogen and oxygen atoms in total. The summed E-state index contributed by atoms with van der Waals surface area (Å²) >= 11 is 0. The highest BCUT2D eigenvalue weighted by Gasteiger charge is 2.28. The maximum absolute atomic E-state index is 9.05. The largest absolute Gasteiger partial charge is 0.396 e. The number of aromatic nitrogens is 2. The summed E-state index contributed by atoms with van der Waals surface area (Å²) in [4.78, 5) is 8.96. The van der Waals surface area contributed by atoms with Gasteiger partial charge in [0.2, 0.25) is 0 Å². The minimum Gasteiger partial charge on any atom is -0.396 e. The number of rotatable bonds is 6. The normalized spacial score (nSPS) is 15.6. The molecule has 106 valence electrons. The Bertz CT molecular complexity index is 455. The molecule has 1 aliphatic rings. The first-order valence-corrected chi connectivity index (χ1v) is 6.92. The summed E-state index contributed by atoms with van der Waals surface area (Å²) in [5.41, 5.74) is 6.89. The number of nitrogen functional groups attached to an aromatic ring is 1. The predicted molar refractivity (Wildman–Crippen MR) is 77.1 cm³/mol. The van der Waals surface area contributed by atoms with Crippen LogP contribution in [0.25, 0.3) is 0 Å². The molecule has 0 aromatic carbocycles. The van der Waals surface area contributed by atoms with Crippen molar-refractivity contribution in [2.24, 2.45) is 5.41 Å². The van der Waals surface area contributed by atoms with Gasteiger partial charge in [-0.2, -0.15) is 0 Å². The molecule has 5 heteroatoms. The summed E-state index contributed by atoms with van der Waals surface area (Å²) in [6, 6.07) is 0. The molecule has 19 heavy (non-hydrogen) atoms. The van der Waals surface area contributed by atoms with E-state index in [2.05, 4.69) is 29.1 Å². The quantitative estimate of drug-likeness (QED) is 0.732. The first-order chi connectivity index (χ1) is 8.93. The molecule has 4 N–H and O–H groups in total. The monoisotopic (exact) mass is 264 g/mol. The zero-order chi connectivity index (χ0) is 14.0. The van der Waals surface area contributed by atoms with Gasteiger partial charge in [-0.1, -0.05) is 13.8 Å². The van der Waals surface area contributed by atoms with Crippen molar-refractivity contribution in [3.05, 3.63) is 11.4 Å². The summed E-state index contributed by atoms with van der Waals surface area (Å²) < 4.78 is 0. The van der Waals surface area contributed by atoms with Gasteiger partial charge in [-0.25, -0.2) is 9.97 Å². The van der Waals surface area contributed by atoms with Crippen molar-refractivity contribution < 1.29 is 5.11 Å². The van der Waals surface area contributed by atoms with Gasteiger partial charge in [0, 0.05) is 24.6 Å². The number of nitrogens with zero attached hydrogens (tertiary/aromatic N) is 2. The topological polar surface area (TPSA) is 84.1 Å². The molecule has 0 radical (unpaired) electrons. The molecule has 2 rings (SSSR count). The summed E-state index contributed by atoms with van der Waals surface area (Å²) in [5, 5.41) is 12.4. The fraction of sp³-hybridized carbons (Fsp3) is 0.714. The maximum Gasteiger partial charge on any atom is 0.136 e. The summed E-state index contributed by atoms with van der Waals surface area (Å²) in [6.45, 7) is 7.14. The van der Waals surface area contributed by atoms with Crippen LogP contribution in [0.2, 0.25) is 0 Å². The van der Waals surface area contributed by atoms with Gasteiger partial charge in [0.15, 0.2) is 0 Å². The molecule has 0 amide bonds. The molecular weight excluding hydrogens is 240 g/mol. The van der Waals surface area contributed by atoms with Gasteiger partial charge >= 0.3 is 0 Å². The molecule has 0 unspecified atom stereocenters. The van der Waals surface area contributed by atoms with Crippen LogP contribution in [-0.4, -0.2) is 28.2 Å². The molecule has 1 aliphatic carbocycles. The molecule has 1 aromatic rings. The summed E-state index contributed by atoms with van der Waals surface area (Å²) in [7, 11) is 0. The van der Waals surface area contributed by atoms with E-state index in [4.69, 9.17) is 10.8 Å². The van der Waals surface area contributed by atoms with Crippen LogP contribution in [0.4, 0.5) is 11.6 Å². The second-order valence-corrected chi connectivity index (χ2v) is 6.21. The minimum atomic E-state index is 0.0284. The molecule has 0 bridgehead atoms. The molecule has 0 saturated heterocycles. The first-order valence-electron chi connectivity index (χ1n) is 6.92. The van der Waals surface area contributed by atoms with E-state index in [1.807, 2.05) is 6.92 Å². The van der Waals surface area contributed by atoms with E-state index >= 15 is 0 Å². The maximum atomic E-state index is 9.05. The zero-order valence-corrected chi connectivity index (χ0v) is 12.0. The molecule has 1 fully saturated rings. The lowest BCUT2D eigenvalue weighted by atomic mass is 9.90. The number of aliphatic hydroxyl groups excluding tert-OH is 1. The SMILES string of the molecule is Cc1c(N)nc(C2CC2)nc1NCC(C)(C)CCO. The van der Waals surface area contributed by atoms with E-state index in [9.17, 15) is 0 Å². The number of hydrogen-bond donors (Lipinski definition) is 3. The second-order valence-electron chi connectivity index (χ2n) is 6.21. The fourth-order valence-electron chi connectivity index (χ4n) is 1.96. The van der Waals surface area contributed by atoms with Crippen LogP contribution in [0.1, 0.15) is 50.4 Å². The Kier molecular flexibility index (Phi) is 3.94. The molecule has 1 aromatic heterocycles. The standard InChI is InChI=1S/C14H24N4O/c1-9-11(15)17-13(10-4-5-10)18-12(9)16-8-14(2,3)6-7-19/h10,19H,4-8H2,1-3H3,(H3,15,16,17,18). The molecule has 1 saturated carbocycles. The van der Waals surface area contributed by atoms with Crippen molar-refractivity contribution in [2.75, 3.05) is 24.2 Å². The van der Waals surface area contributed by atoms with Crippen LogP contribution in [0.5, 0.6) is 0 Å². The van der Waals surface area contributed by atoms with E-state index < -0.39 is 0 Å². The smallest absolute Gasteiger partial charge is 0.136 e. The average molecular weight is 264 g/mol. The Morgan fingerprint density at radius 3 is 2.63 bits per heavy atom. The van der Waals surface area contributed by atoms with Gasteiger partial charge in [-0.15, -0.1) is 0 Å². The third-order valence-electron chi connectivity index (χ3n) is 3.67. The van der Waals surface area contributed by atoms with Crippen LogP contribution >= 0.6 is 0 Å². The van der Waals surface area contributed by atoms with Gasteiger partial charge < -0.3 is 16.2 Å². The van der Waals surface area contributed by atoms with Crippen LogP contribution in [0.15, 0.2) is 0 Å². The lowest BCUT2D eigenvalue weighted by Gasteiger charge is -2.25. The van der Waals surface area contributed by atoms with Crippen molar-refractivity contribution in [1.29, 1.82) is 0 Å². The van der Waals surface area contributed by atoms with Gasteiger partial charge in [0.1, 0.15) is 17.5 Å². The Hall–Kier alpha value is -1.36. The van der Waals surface area contributed by atoms with E-state index in [1.165, 1.54) is 0 Å². The lowest BCUT2D eigenvalue weighted by Crippen LogP contribution is -2.25. The van der Waals surface area contributed by atoms with Crippen molar-refractivity contribution in [2.45, 2.75) is 46.0 Å². The first kappa shape index (κ1) is 14.1. The van der Waals surface area contributed by atoms with Crippen LogP contribution in [-0.2, 0) is 0 Å². The van der Waals surface area contributed by atoms with Crippen molar-refractivity contribution in [3.8, 4) is 0 Å². The van der Waals surface area contributed by atoms with Gasteiger partial charge in [-0.3, -0.25) is 0 Å². The Morgan fingerprint density at radius 1 is 1.37 bits per heavy atom. The Morgan fingerprint density at radius 2 is 2.05 bits per heavy atom. The molecule has 0 aliphatic heterocycles. The Balaban J connectivity index is 2.10.